The van der Waals surface area contributed by atoms with E-state index >= 15 is 0 Å². The van der Waals surface area contributed by atoms with Gasteiger partial charge in [-0.3, -0.25) is 9.48 Å². The fourth-order valence-electron chi connectivity index (χ4n) is 3.92. The Morgan fingerprint density at radius 3 is 2.24 bits per heavy atom. The molecule has 1 unspecified atom stereocenters. The minimum Gasteiger partial charge on any atom is -0.475 e. The van der Waals surface area contributed by atoms with Crippen molar-refractivity contribution in [3.63, 3.8) is 0 Å². The number of hydrogen-bond acceptors (Lipinski definition) is 8. The summed E-state index contributed by atoms with van der Waals surface area (Å²) >= 11 is 0. The lowest BCUT2D eigenvalue weighted by molar-refractivity contribution is -0.255. The van der Waals surface area contributed by atoms with E-state index in [1.807, 2.05) is 4.68 Å². The second kappa shape index (κ2) is 11.7. The molecule has 11 nitrogen and oxygen atoms in total. The molecule has 1 aliphatic rings. The van der Waals surface area contributed by atoms with Gasteiger partial charge in [0.25, 0.3) is 11.5 Å². The second-order valence-electron chi connectivity index (χ2n) is 8.95. The van der Waals surface area contributed by atoms with Crippen LogP contribution in [-0.4, -0.2) is 67.4 Å². The predicted molar refractivity (Wildman–Crippen MR) is 130 cm³/mol. The molecule has 1 aliphatic heterocycles. The number of halogens is 6. The van der Waals surface area contributed by atoms with E-state index in [2.05, 4.69) is 15.1 Å². The number of anilines is 1. The zero-order valence-electron chi connectivity index (χ0n) is 21.2. The summed E-state index contributed by atoms with van der Waals surface area (Å²) in [6, 6.07) is 3.54. The molecule has 1 amide bonds. The van der Waals surface area contributed by atoms with E-state index < -0.39 is 35.4 Å². The number of nitrogen functional groups attached to an aromatic ring is 1. The molecule has 4 rings (SSSR count). The van der Waals surface area contributed by atoms with Gasteiger partial charge in [0.15, 0.2) is 0 Å². The van der Waals surface area contributed by atoms with Gasteiger partial charge in [-0.25, -0.2) is 14.8 Å². The molecule has 0 bridgehead atoms. The Hall–Kier alpha value is -4.25. The predicted octanol–water partition coefficient (Wildman–Crippen LogP) is 3.12. The summed E-state index contributed by atoms with van der Waals surface area (Å²) in [5.74, 6) is -4.57. The van der Waals surface area contributed by atoms with Crippen LogP contribution in [0.3, 0.4) is 0 Å². The Bertz CT molecular complexity index is 1420. The molecule has 0 saturated carbocycles. The number of amides is 1. The van der Waals surface area contributed by atoms with Crippen LogP contribution in [-0.2, 0) is 19.9 Å². The molecule has 17 heteroatoms. The van der Waals surface area contributed by atoms with E-state index in [4.69, 9.17) is 26.1 Å². The van der Waals surface area contributed by atoms with Crippen LogP contribution in [0.5, 0.6) is 0 Å². The number of primary amides is 1. The van der Waals surface area contributed by atoms with Gasteiger partial charge in [0, 0.05) is 36.1 Å². The van der Waals surface area contributed by atoms with Crippen molar-refractivity contribution in [2.45, 2.75) is 43.8 Å². The normalized spacial score (nSPS) is 15.9. The highest BCUT2D eigenvalue weighted by Gasteiger charge is 2.60. The molecular formula is C24H24F6N6O5. The average molecular weight is 590 g/mol. The quantitative estimate of drug-likeness (QED) is 0.325. The van der Waals surface area contributed by atoms with Crippen LogP contribution in [0.25, 0.3) is 22.5 Å². The van der Waals surface area contributed by atoms with Gasteiger partial charge in [-0.1, -0.05) is 12.1 Å². The van der Waals surface area contributed by atoms with Crippen molar-refractivity contribution in [3.05, 3.63) is 47.9 Å². The maximum Gasteiger partial charge on any atom is 0.490 e. The minimum atomic E-state index is -5.32. The second-order valence-corrected chi connectivity index (χ2v) is 8.95. The highest BCUT2D eigenvalue weighted by atomic mass is 19.4. The monoisotopic (exact) mass is 590 g/mol. The van der Waals surface area contributed by atoms with Gasteiger partial charge in [0.2, 0.25) is 0 Å². The highest BCUT2D eigenvalue weighted by Crippen LogP contribution is 2.40. The summed E-state index contributed by atoms with van der Waals surface area (Å²) in [7, 11) is 0. The number of carboxylic acids is 1. The molecule has 3 aromatic rings. The largest absolute Gasteiger partial charge is 0.490 e. The minimum absolute atomic E-state index is 0.119. The van der Waals surface area contributed by atoms with Crippen LogP contribution in [0.15, 0.2) is 36.8 Å². The number of ether oxygens (including phenoxy) is 1. The van der Waals surface area contributed by atoms with E-state index in [0.717, 1.165) is 25.0 Å². The average Bonchev–Trinajstić information content (AvgIpc) is 3.38. The first-order valence-corrected chi connectivity index (χ1v) is 11.7. The van der Waals surface area contributed by atoms with Crippen molar-refractivity contribution in [1.29, 1.82) is 0 Å². The molecule has 0 radical (unpaired) electrons. The maximum absolute atomic E-state index is 13.6. The zero-order valence-corrected chi connectivity index (χ0v) is 21.2. The molecule has 0 spiro atoms. The van der Waals surface area contributed by atoms with Gasteiger partial charge < -0.3 is 26.4 Å². The number of alkyl halides is 6. The van der Waals surface area contributed by atoms with Crippen LogP contribution in [0.2, 0.25) is 0 Å². The van der Waals surface area contributed by atoms with Crippen molar-refractivity contribution < 1.29 is 50.9 Å². The van der Waals surface area contributed by atoms with E-state index in [0.29, 0.717) is 30.0 Å². The molecule has 1 atom stereocenters. The zero-order chi connectivity index (χ0) is 30.8. The van der Waals surface area contributed by atoms with Gasteiger partial charge >= 0.3 is 18.3 Å². The van der Waals surface area contributed by atoms with Crippen molar-refractivity contribution >= 4 is 17.7 Å². The molecule has 3 heterocycles. The Morgan fingerprint density at radius 1 is 1.10 bits per heavy atom. The first-order chi connectivity index (χ1) is 19.0. The van der Waals surface area contributed by atoms with Gasteiger partial charge in [0.05, 0.1) is 24.1 Å². The van der Waals surface area contributed by atoms with Crippen LogP contribution < -0.4 is 11.5 Å². The number of aryl methyl sites for hydroxylation is 1. The first kappa shape index (κ1) is 31.3. The number of hydrogen-bond donors (Lipinski definition) is 4. The van der Waals surface area contributed by atoms with Crippen LogP contribution in [0.4, 0.5) is 32.2 Å². The van der Waals surface area contributed by atoms with Gasteiger partial charge in [-0.2, -0.15) is 31.4 Å². The molecule has 222 valence electrons. The lowest BCUT2D eigenvalue weighted by atomic mass is 9.89. The molecule has 6 N–H and O–H groups in total. The van der Waals surface area contributed by atoms with Gasteiger partial charge in [-0.15, -0.1) is 0 Å². The summed E-state index contributed by atoms with van der Waals surface area (Å²) in [4.78, 5) is 29.2. The summed E-state index contributed by atoms with van der Waals surface area (Å²) in [6.45, 7) is 2.93. The molecule has 0 aliphatic carbocycles. The third kappa shape index (κ3) is 6.74. The lowest BCUT2D eigenvalue weighted by Crippen LogP contribution is -2.52. The number of aliphatic carboxylic acids is 1. The lowest BCUT2D eigenvalue weighted by Gasteiger charge is -2.28. The number of aromatic nitrogens is 4. The number of benzene rings is 1. The number of rotatable bonds is 5. The SMILES string of the molecule is Cc1ccc(C(O)(C(N)=O)C(F)(F)F)cc1-c1cnc(N)c(-c2cnn(C3CCOCC3)c2)n1.O=C(O)C(F)(F)F. The van der Waals surface area contributed by atoms with E-state index in [-0.39, 0.29) is 23.1 Å². The first-order valence-electron chi connectivity index (χ1n) is 11.7. The standard InChI is InChI=1S/C22H23F3N6O3.C2HF3O2/c1-12-2-3-14(21(33,20(27)32)22(23,24)25)8-16(12)17-10-28-19(26)18(30-17)13-9-29-31(11-13)15-4-6-34-7-5-15;3-2(4,5)1(6)7/h2-3,8-11,15,33H,4-7H2,1H3,(H2,26,28)(H2,27,32);(H,6,7). The molecule has 1 saturated heterocycles. The van der Waals surface area contributed by atoms with E-state index in [1.165, 1.54) is 12.3 Å². The Morgan fingerprint density at radius 2 is 1.71 bits per heavy atom. The molecular weight excluding hydrogens is 566 g/mol. The Kier molecular flexibility index (Phi) is 8.92. The third-order valence-corrected chi connectivity index (χ3v) is 6.18. The Labute approximate surface area is 227 Å². The van der Waals surface area contributed by atoms with Crippen molar-refractivity contribution in [1.82, 2.24) is 19.7 Å². The fraction of sp³-hybridized carbons (Fsp3) is 0.375. The number of carboxylic acid groups (broad SMARTS) is 1. The summed E-state index contributed by atoms with van der Waals surface area (Å²) < 4.78 is 79.6. The number of nitrogens with zero attached hydrogens (tertiary/aromatic N) is 4. The fourth-order valence-corrected chi connectivity index (χ4v) is 3.92. The summed E-state index contributed by atoms with van der Waals surface area (Å²) in [6.07, 6.45) is -4.07. The smallest absolute Gasteiger partial charge is 0.475 e. The van der Waals surface area contributed by atoms with Crippen molar-refractivity contribution in [3.8, 4) is 22.5 Å². The molecule has 41 heavy (non-hydrogen) atoms. The number of nitrogens with two attached hydrogens (primary N) is 2. The topological polar surface area (TPSA) is 179 Å². The van der Waals surface area contributed by atoms with Crippen molar-refractivity contribution in [2.75, 3.05) is 18.9 Å². The van der Waals surface area contributed by atoms with Crippen LogP contribution >= 0.6 is 0 Å². The molecule has 1 aromatic carbocycles. The molecule has 2 aromatic heterocycles. The van der Waals surface area contributed by atoms with E-state index in [1.54, 1.807) is 19.3 Å². The van der Waals surface area contributed by atoms with Crippen molar-refractivity contribution in [2.24, 2.45) is 5.73 Å². The van der Waals surface area contributed by atoms with Crippen LogP contribution in [0.1, 0.15) is 30.0 Å². The summed E-state index contributed by atoms with van der Waals surface area (Å²) in [5.41, 5.74) is 8.27. The highest BCUT2D eigenvalue weighted by molar-refractivity contribution is 5.86. The third-order valence-electron chi connectivity index (χ3n) is 6.18. The maximum atomic E-state index is 13.6. The number of aliphatic hydroxyl groups is 1. The van der Waals surface area contributed by atoms with Gasteiger partial charge in [-0.05, 0) is 31.4 Å². The van der Waals surface area contributed by atoms with E-state index in [9.17, 15) is 36.2 Å². The number of carbonyl (C=O) groups excluding carboxylic acids is 1. The number of carbonyl (C=O) groups is 2. The summed E-state index contributed by atoms with van der Waals surface area (Å²) in [5, 5.41) is 21.7. The van der Waals surface area contributed by atoms with Crippen LogP contribution in [0, 0.1) is 6.92 Å². The molecule has 1 fully saturated rings. The Balaban J connectivity index is 0.000000587. The van der Waals surface area contributed by atoms with Gasteiger partial charge in [0.1, 0.15) is 11.5 Å².